The molecule has 160 valence electrons. The van der Waals surface area contributed by atoms with Gasteiger partial charge in [-0.15, -0.1) is 0 Å². The Labute approximate surface area is 174 Å². The number of aromatic nitrogens is 2. The van der Waals surface area contributed by atoms with Crippen LogP contribution in [0.15, 0.2) is 0 Å². The zero-order valence-electron chi connectivity index (χ0n) is 18.4. The van der Waals surface area contributed by atoms with Gasteiger partial charge in [0.1, 0.15) is 0 Å². The maximum absolute atomic E-state index is 5.46. The van der Waals surface area contributed by atoms with Gasteiger partial charge in [-0.25, -0.2) is 0 Å². The average molecular weight is 400 g/mol. The van der Waals surface area contributed by atoms with E-state index in [4.69, 9.17) is 9.84 Å². The Kier molecular flexibility index (Phi) is 4.14. The minimum Gasteiger partial charge on any atom is -0.378 e. The molecule has 2 aliphatic carbocycles. The van der Waals surface area contributed by atoms with Crippen molar-refractivity contribution < 1.29 is 4.74 Å². The van der Waals surface area contributed by atoms with Crippen LogP contribution in [-0.4, -0.2) is 72.2 Å². The fourth-order valence-electron chi connectivity index (χ4n) is 6.74. The second-order valence-electron chi connectivity index (χ2n) is 10.9. The number of nitrogens with zero attached hydrogens (tertiary/aromatic N) is 4. The summed E-state index contributed by atoms with van der Waals surface area (Å²) in [4.78, 5) is 5.36. The third-order valence-electron chi connectivity index (χ3n) is 9.29. The van der Waals surface area contributed by atoms with Gasteiger partial charge in [-0.05, 0) is 71.3 Å². The number of hydrogen-bond acceptors (Lipinski definition) is 5. The van der Waals surface area contributed by atoms with Gasteiger partial charge in [-0.2, -0.15) is 5.10 Å². The van der Waals surface area contributed by atoms with Crippen LogP contribution in [0.1, 0.15) is 62.2 Å². The van der Waals surface area contributed by atoms with Gasteiger partial charge in [-0.1, -0.05) is 0 Å². The first-order chi connectivity index (χ1) is 14.0. The molecule has 1 unspecified atom stereocenters. The van der Waals surface area contributed by atoms with Gasteiger partial charge >= 0.3 is 0 Å². The second-order valence-corrected chi connectivity index (χ2v) is 10.9. The molecule has 2 spiro atoms. The van der Waals surface area contributed by atoms with Crippen LogP contribution >= 0.6 is 0 Å². The summed E-state index contributed by atoms with van der Waals surface area (Å²) in [5.74, 6) is 1.29. The first-order valence-corrected chi connectivity index (χ1v) is 11.8. The summed E-state index contributed by atoms with van der Waals surface area (Å²) in [6.07, 6.45) is 9.20. The van der Waals surface area contributed by atoms with Crippen molar-refractivity contribution in [3.63, 3.8) is 0 Å². The predicted molar refractivity (Wildman–Crippen MR) is 115 cm³/mol. The number of hydrogen-bond donors (Lipinski definition) is 1. The molecule has 0 radical (unpaired) electrons. The van der Waals surface area contributed by atoms with E-state index in [9.17, 15) is 0 Å². The molecule has 4 heterocycles. The fourth-order valence-corrected chi connectivity index (χ4v) is 6.74. The highest BCUT2D eigenvalue weighted by atomic mass is 16.5. The molecule has 6 heteroatoms. The number of likely N-dealkylation sites (N-methyl/N-ethyl adjacent to an activating group) is 1. The molecule has 1 aromatic rings. The van der Waals surface area contributed by atoms with Crippen LogP contribution in [0.5, 0.6) is 0 Å². The SMILES string of the molecule is Cc1c(N2CCC(N(C)C3COC3)CC23CCC3)nn(C2CC3(CNC3)C2)c1C. The molecule has 0 bridgehead atoms. The van der Waals surface area contributed by atoms with Gasteiger partial charge in [0.2, 0.25) is 0 Å². The lowest BCUT2D eigenvalue weighted by atomic mass is 9.61. The van der Waals surface area contributed by atoms with Crippen LogP contribution in [0.2, 0.25) is 0 Å². The van der Waals surface area contributed by atoms with Gasteiger partial charge in [0.25, 0.3) is 0 Å². The Morgan fingerprint density at radius 1 is 1.10 bits per heavy atom. The molecular formula is C23H37N5O. The van der Waals surface area contributed by atoms with E-state index in [0.717, 1.165) is 19.8 Å². The van der Waals surface area contributed by atoms with Crippen molar-refractivity contribution in [3.8, 4) is 0 Å². The third-order valence-corrected chi connectivity index (χ3v) is 9.29. The topological polar surface area (TPSA) is 45.6 Å². The van der Waals surface area contributed by atoms with E-state index in [1.54, 1.807) is 0 Å². The smallest absolute Gasteiger partial charge is 0.154 e. The first-order valence-electron chi connectivity index (χ1n) is 11.8. The Morgan fingerprint density at radius 3 is 2.41 bits per heavy atom. The van der Waals surface area contributed by atoms with Crippen molar-refractivity contribution in [2.24, 2.45) is 5.41 Å². The molecule has 0 aromatic carbocycles. The Hall–Kier alpha value is -1.11. The largest absolute Gasteiger partial charge is 0.378 e. The Bertz CT molecular complexity index is 783. The highest BCUT2D eigenvalue weighted by molar-refractivity contribution is 5.52. The normalized spacial score (nSPS) is 30.9. The molecule has 1 atom stereocenters. The number of anilines is 1. The number of nitrogens with one attached hydrogen (secondary N) is 1. The monoisotopic (exact) mass is 399 g/mol. The zero-order valence-corrected chi connectivity index (χ0v) is 18.4. The zero-order chi connectivity index (χ0) is 19.8. The van der Waals surface area contributed by atoms with Gasteiger partial charge in [0.15, 0.2) is 5.82 Å². The standard InChI is InChI=1S/C23H37N5O/c1-16-17(2)28(19-9-22(10-19)14-24-15-22)25-21(16)27-8-5-18(11-23(27)6-4-7-23)26(3)20-12-29-13-20/h18-20,24H,4-15H2,1-3H3. The number of piperidine rings is 1. The molecule has 3 saturated heterocycles. The van der Waals surface area contributed by atoms with Crippen molar-refractivity contribution in [2.75, 3.05) is 44.8 Å². The van der Waals surface area contributed by atoms with E-state index in [1.165, 1.54) is 75.1 Å². The Balaban J connectivity index is 1.23. The first kappa shape index (κ1) is 18.6. The van der Waals surface area contributed by atoms with E-state index >= 15 is 0 Å². The van der Waals surface area contributed by atoms with Crippen LogP contribution in [-0.2, 0) is 4.74 Å². The van der Waals surface area contributed by atoms with Crippen LogP contribution in [0.3, 0.4) is 0 Å². The molecule has 6 rings (SSSR count). The van der Waals surface area contributed by atoms with Crippen molar-refractivity contribution in [1.82, 2.24) is 20.0 Å². The van der Waals surface area contributed by atoms with Gasteiger partial charge in [0, 0.05) is 42.5 Å². The summed E-state index contributed by atoms with van der Waals surface area (Å²) < 4.78 is 7.85. The summed E-state index contributed by atoms with van der Waals surface area (Å²) in [6.45, 7) is 10.0. The fraction of sp³-hybridized carbons (Fsp3) is 0.870. The van der Waals surface area contributed by atoms with Crippen molar-refractivity contribution >= 4 is 5.82 Å². The predicted octanol–water partition coefficient (Wildman–Crippen LogP) is 2.65. The van der Waals surface area contributed by atoms with Crippen molar-refractivity contribution in [3.05, 3.63) is 11.3 Å². The molecule has 3 aliphatic heterocycles. The van der Waals surface area contributed by atoms with E-state index in [0.29, 0.717) is 29.1 Å². The van der Waals surface area contributed by atoms with Crippen molar-refractivity contribution in [2.45, 2.75) is 82.5 Å². The minimum absolute atomic E-state index is 0.344. The summed E-state index contributed by atoms with van der Waals surface area (Å²) in [5, 5.41) is 8.74. The summed E-state index contributed by atoms with van der Waals surface area (Å²) >= 11 is 0. The van der Waals surface area contributed by atoms with Crippen LogP contribution in [0.25, 0.3) is 0 Å². The minimum atomic E-state index is 0.344. The maximum atomic E-state index is 5.46. The lowest BCUT2D eigenvalue weighted by Crippen LogP contribution is -2.64. The molecule has 1 aromatic heterocycles. The highest BCUT2D eigenvalue weighted by Gasteiger charge is 2.52. The number of rotatable bonds is 4. The molecule has 0 amide bonds. The maximum Gasteiger partial charge on any atom is 0.154 e. The molecule has 5 aliphatic rings. The van der Waals surface area contributed by atoms with E-state index in [-0.39, 0.29) is 0 Å². The molecule has 6 nitrogen and oxygen atoms in total. The van der Waals surface area contributed by atoms with E-state index in [1.807, 2.05) is 0 Å². The van der Waals surface area contributed by atoms with Crippen LogP contribution in [0, 0.1) is 19.3 Å². The van der Waals surface area contributed by atoms with Gasteiger partial charge < -0.3 is 15.0 Å². The van der Waals surface area contributed by atoms with Gasteiger partial charge in [0.05, 0.1) is 25.3 Å². The summed E-state index contributed by atoms with van der Waals surface area (Å²) in [5.41, 5.74) is 3.76. The van der Waals surface area contributed by atoms with E-state index < -0.39 is 0 Å². The lowest BCUT2D eigenvalue weighted by molar-refractivity contribution is -0.0783. The molecule has 2 saturated carbocycles. The number of ether oxygens (including phenoxy) is 1. The Morgan fingerprint density at radius 2 is 1.86 bits per heavy atom. The quantitative estimate of drug-likeness (QED) is 0.843. The third kappa shape index (κ3) is 2.68. The molecule has 29 heavy (non-hydrogen) atoms. The molecule has 1 N–H and O–H groups in total. The average Bonchev–Trinajstić information content (AvgIpc) is 2.85. The van der Waals surface area contributed by atoms with Crippen molar-refractivity contribution in [1.29, 1.82) is 0 Å². The van der Waals surface area contributed by atoms with Gasteiger partial charge in [-0.3, -0.25) is 9.58 Å². The molecular weight excluding hydrogens is 362 g/mol. The summed E-state index contributed by atoms with van der Waals surface area (Å²) in [7, 11) is 2.33. The van der Waals surface area contributed by atoms with Crippen LogP contribution in [0.4, 0.5) is 5.82 Å². The second kappa shape index (κ2) is 6.44. The highest BCUT2D eigenvalue weighted by Crippen LogP contribution is 2.52. The van der Waals surface area contributed by atoms with E-state index in [2.05, 4.69) is 40.7 Å². The van der Waals surface area contributed by atoms with Crippen LogP contribution < -0.4 is 10.2 Å². The molecule has 5 fully saturated rings. The lowest BCUT2D eigenvalue weighted by Gasteiger charge is -2.57. The summed E-state index contributed by atoms with van der Waals surface area (Å²) in [6, 6.07) is 1.95.